The maximum atomic E-state index is 13.5. The lowest BCUT2D eigenvalue weighted by Crippen LogP contribution is -2.54. The maximum Gasteiger partial charge on any atom is 0.247 e. The number of morpholine rings is 1. The van der Waals surface area contributed by atoms with E-state index in [1.807, 2.05) is 57.2 Å². The number of carbonyl (C=O) groups is 2. The number of hydrogen-bond donors (Lipinski definition) is 2. The second-order valence-electron chi connectivity index (χ2n) is 13.1. The van der Waals surface area contributed by atoms with Gasteiger partial charge in [-0.2, -0.15) is 0 Å². The van der Waals surface area contributed by atoms with Crippen molar-refractivity contribution in [1.82, 2.24) is 20.1 Å². The molecule has 2 aromatic rings. The van der Waals surface area contributed by atoms with Crippen LogP contribution in [0.1, 0.15) is 71.3 Å². The van der Waals surface area contributed by atoms with Crippen LogP contribution in [0.5, 0.6) is 11.6 Å². The summed E-state index contributed by atoms with van der Waals surface area (Å²) >= 11 is 0. The van der Waals surface area contributed by atoms with Crippen LogP contribution >= 0.6 is 0 Å². The van der Waals surface area contributed by atoms with E-state index in [0.29, 0.717) is 62.8 Å². The molecule has 0 radical (unpaired) electrons. The van der Waals surface area contributed by atoms with Gasteiger partial charge in [0.25, 0.3) is 0 Å². The second-order valence-corrected chi connectivity index (χ2v) is 13.1. The van der Waals surface area contributed by atoms with Gasteiger partial charge in [-0.1, -0.05) is 37.5 Å². The molecule has 11 nitrogen and oxygen atoms in total. The maximum absolute atomic E-state index is 13.5. The molecule has 45 heavy (non-hydrogen) atoms. The minimum atomic E-state index is -0.757. The molecule has 11 heteroatoms. The van der Waals surface area contributed by atoms with Gasteiger partial charge in [0, 0.05) is 43.7 Å². The Bertz CT molecular complexity index is 1320. The van der Waals surface area contributed by atoms with Crippen molar-refractivity contribution in [3.8, 4) is 11.6 Å². The Morgan fingerprint density at radius 2 is 1.84 bits per heavy atom. The summed E-state index contributed by atoms with van der Waals surface area (Å²) in [6.07, 6.45) is 8.27. The summed E-state index contributed by atoms with van der Waals surface area (Å²) in [7, 11) is 0. The molecule has 1 saturated heterocycles. The van der Waals surface area contributed by atoms with E-state index >= 15 is 0 Å². The van der Waals surface area contributed by atoms with Crippen LogP contribution < -0.4 is 15.8 Å². The van der Waals surface area contributed by atoms with Crippen LogP contribution in [0.25, 0.3) is 0 Å². The first-order chi connectivity index (χ1) is 21.7. The SMILES string of the molecule is CC(C)(C)OCC(NC(=O)CCC(C1CCCCC1)N1Cc2cc(Oc3ccccc3)ncc2N=C1N)C(=O)N1CCOCC1. The van der Waals surface area contributed by atoms with Gasteiger partial charge in [0.05, 0.1) is 37.3 Å². The zero-order valence-corrected chi connectivity index (χ0v) is 26.9. The largest absolute Gasteiger partial charge is 0.439 e. The van der Waals surface area contributed by atoms with Gasteiger partial charge in [-0.3, -0.25) is 9.59 Å². The van der Waals surface area contributed by atoms with E-state index in [0.717, 1.165) is 36.9 Å². The molecule has 2 aliphatic heterocycles. The summed E-state index contributed by atoms with van der Waals surface area (Å²) in [6.45, 7) is 8.49. The van der Waals surface area contributed by atoms with E-state index in [1.54, 1.807) is 11.1 Å². The van der Waals surface area contributed by atoms with Gasteiger partial charge in [-0.25, -0.2) is 9.98 Å². The van der Waals surface area contributed by atoms with Crippen molar-refractivity contribution in [3.05, 3.63) is 48.2 Å². The second kappa shape index (κ2) is 15.1. The van der Waals surface area contributed by atoms with Crippen LogP contribution in [0.4, 0.5) is 5.69 Å². The average molecular weight is 621 g/mol. The molecular formula is C34H48N6O5. The lowest BCUT2D eigenvalue weighted by Gasteiger charge is -2.41. The van der Waals surface area contributed by atoms with Gasteiger partial charge >= 0.3 is 0 Å². The molecule has 0 spiro atoms. The number of benzene rings is 1. The van der Waals surface area contributed by atoms with Gasteiger partial charge in [0.1, 0.15) is 11.8 Å². The molecule has 2 unspecified atom stereocenters. The van der Waals surface area contributed by atoms with Gasteiger partial charge < -0.3 is 35.1 Å². The number of aromatic nitrogens is 1. The van der Waals surface area contributed by atoms with Crippen molar-refractivity contribution < 1.29 is 23.8 Å². The Hall–Kier alpha value is -3.70. The minimum Gasteiger partial charge on any atom is -0.439 e. The number of guanidine groups is 1. The Morgan fingerprint density at radius 1 is 1.11 bits per heavy atom. The molecule has 2 fully saturated rings. The molecule has 2 amide bonds. The van der Waals surface area contributed by atoms with Crippen molar-refractivity contribution in [2.24, 2.45) is 16.6 Å². The van der Waals surface area contributed by atoms with Gasteiger partial charge in [-0.15, -0.1) is 0 Å². The smallest absolute Gasteiger partial charge is 0.247 e. The number of aliphatic imine (C=N–C) groups is 1. The zero-order valence-electron chi connectivity index (χ0n) is 26.9. The molecule has 3 N–H and O–H groups in total. The average Bonchev–Trinajstić information content (AvgIpc) is 3.04. The number of nitrogens with one attached hydrogen (secondary N) is 1. The Kier molecular flexibility index (Phi) is 10.9. The highest BCUT2D eigenvalue weighted by Crippen LogP contribution is 2.36. The fourth-order valence-electron chi connectivity index (χ4n) is 6.32. The van der Waals surface area contributed by atoms with Crippen molar-refractivity contribution in [3.63, 3.8) is 0 Å². The van der Waals surface area contributed by atoms with E-state index in [1.165, 1.54) is 6.42 Å². The number of rotatable bonds is 11. The quantitative estimate of drug-likeness (QED) is 0.375. The Labute approximate surface area is 266 Å². The van der Waals surface area contributed by atoms with Crippen molar-refractivity contribution >= 4 is 23.5 Å². The molecule has 1 aliphatic carbocycles. The lowest BCUT2D eigenvalue weighted by atomic mass is 9.81. The van der Waals surface area contributed by atoms with E-state index in [-0.39, 0.29) is 30.9 Å². The fraction of sp³-hybridized carbons (Fsp3) is 0.588. The monoisotopic (exact) mass is 620 g/mol. The topological polar surface area (TPSA) is 132 Å². The molecule has 244 valence electrons. The van der Waals surface area contributed by atoms with Gasteiger partial charge in [0.15, 0.2) is 5.96 Å². The predicted octanol–water partition coefficient (Wildman–Crippen LogP) is 4.52. The number of nitrogens with two attached hydrogens (primary N) is 1. The third-order valence-electron chi connectivity index (χ3n) is 8.68. The first-order valence-electron chi connectivity index (χ1n) is 16.3. The number of fused-ring (bicyclic) bond motifs is 1. The normalized spacial score (nSPS) is 18.9. The highest BCUT2D eigenvalue weighted by Gasteiger charge is 2.34. The molecule has 0 bridgehead atoms. The van der Waals surface area contributed by atoms with Crippen LogP contribution in [-0.4, -0.2) is 83.2 Å². The number of ether oxygens (including phenoxy) is 3. The molecule has 1 aromatic heterocycles. The highest BCUT2D eigenvalue weighted by molar-refractivity contribution is 5.88. The summed E-state index contributed by atoms with van der Waals surface area (Å²) in [5.41, 5.74) is 7.86. The molecule has 3 heterocycles. The van der Waals surface area contributed by atoms with Crippen LogP contribution in [0, 0.1) is 5.92 Å². The summed E-state index contributed by atoms with van der Waals surface area (Å²) in [4.78, 5) is 39.9. The number of pyridine rings is 1. The number of amides is 2. The molecule has 1 aromatic carbocycles. The van der Waals surface area contributed by atoms with Crippen molar-refractivity contribution in [2.45, 2.75) is 89.9 Å². The third kappa shape index (κ3) is 9.17. The molecule has 3 aliphatic rings. The number of para-hydroxylation sites is 1. The minimum absolute atomic E-state index is 0.0267. The highest BCUT2D eigenvalue weighted by atomic mass is 16.5. The van der Waals surface area contributed by atoms with Crippen LogP contribution in [0.15, 0.2) is 47.6 Å². The molecular weight excluding hydrogens is 572 g/mol. The number of nitrogens with zero attached hydrogens (tertiary/aromatic N) is 4. The Morgan fingerprint density at radius 3 is 2.56 bits per heavy atom. The number of carbonyl (C=O) groups excluding carboxylic acids is 2. The summed E-state index contributed by atoms with van der Waals surface area (Å²) < 4.78 is 17.4. The van der Waals surface area contributed by atoms with E-state index in [4.69, 9.17) is 24.9 Å². The van der Waals surface area contributed by atoms with E-state index in [9.17, 15) is 9.59 Å². The van der Waals surface area contributed by atoms with Crippen LogP contribution in [0.2, 0.25) is 0 Å². The third-order valence-corrected chi connectivity index (χ3v) is 8.68. The fourth-order valence-corrected chi connectivity index (χ4v) is 6.32. The first kappa shape index (κ1) is 32.7. The van der Waals surface area contributed by atoms with Gasteiger partial charge in [0.2, 0.25) is 17.7 Å². The molecule has 2 atom stereocenters. The van der Waals surface area contributed by atoms with Crippen LogP contribution in [-0.2, 0) is 25.6 Å². The summed E-state index contributed by atoms with van der Waals surface area (Å²) in [5.74, 6) is 1.74. The van der Waals surface area contributed by atoms with Crippen molar-refractivity contribution in [1.29, 1.82) is 0 Å². The standard InChI is InChI=1S/C34H48N6O5/c1-34(2,3)44-23-28(32(42)39-16-18-43-19-17-39)37-30(41)15-14-29(24-10-6-4-7-11-24)40-22-25-20-31(36-21-27(25)38-33(40)35)45-26-12-8-5-9-13-26/h5,8-9,12-13,20-21,24,28-29H,4,6-7,10-11,14-19,22-23H2,1-3H3,(H2,35,38)(H,37,41). The summed E-state index contributed by atoms with van der Waals surface area (Å²) in [5, 5.41) is 3.00. The summed E-state index contributed by atoms with van der Waals surface area (Å²) in [6, 6.07) is 10.8. The first-order valence-corrected chi connectivity index (χ1v) is 16.3. The molecule has 5 rings (SSSR count). The van der Waals surface area contributed by atoms with E-state index < -0.39 is 11.6 Å². The Balaban J connectivity index is 1.28. The van der Waals surface area contributed by atoms with Crippen LogP contribution in [0.3, 0.4) is 0 Å². The van der Waals surface area contributed by atoms with Crippen molar-refractivity contribution in [2.75, 3.05) is 32.9 Å². The van der Waals surface area contributed by atoms with Gasteiger partial charge in [-0.05, 0) is 58.1 Å². The number of hydrogen-bond acceptors (Lipinski definition) is 9. The predicted molar refractivity (Wildman–Crippen MR) is 172 cm³/mol. The zero-order chi connectivity index (χ0) is 31.8. The lowest BCUT2D eigenvalue weighted by molar-refractivity contribution is -0.143. The van der Waals surface area contributed by atoms with E-state index in [2.05, 4.69) is 15.2 Å². The molecule has 1 saturated carbocycles.